The molecular weight excluding hydrogens is 486 g/mol. The summed E-state index contributed by atoms with van der Waals surface area (Å²) in [6, 6.07) is 17.7. The highest BCUT2D eigenvalue weighted by Crippen LogP contribution is 2.39. The summed E-state index contributed by atoms with van der Waals surface area (Å²) in [5.74, 6) is 14.3. The van der Waals surface area contributed by atoms with Gasteiger partial charge >= 0.3 is 0 Å². The van der Waals surface area contributed by atoms with Gasteiger partial charge in [0.15, 0.2) is 0 Å². The molecule has 3 heterocycles. The van der Waals surface area contributed by atoms with Crippen molar-refractivity contribution in [2.24, 2.45) is 5.92 Å². The van der Waals surface area contributed by atoms with Crippen molar-refractivity contribution in [1.82, 2.24) is 19.4 Å². The Kier molecular flexibility index (Phi) is 7.52. The van der Waals surface area contributed by atoms with Gasteiger partial charge in [-0.1, -0.05) is 42.2 Å². The Bertz CT molecular complexity index is 1610. The summed E-state index contributed by atoms with van der Waals surface area (Å²) in [7, 11) is 0. The van der Waals surface area contributed by atoms with E-state index in [0.29, 0.717) is 18.9 Å². The predicted molar refractivity (Wildman–Crippen MR) is 154 cm³/mol. The lowest BCUT2D eigenvalue weighted by Gasteiger charge is -2.28. The third-order valence-electron chi connectivity index (χ3n) is 6.86. The maximum absolute atomic E-state index is 12.1. The molecule has 1 saturated heterocycles. The summed E-state index contributed by atoms with van der Waals surface area (Å²) in [6.07, 6.45) is 3.13. The molecule has 0 spiro atoms. The number of carbonyl (C=O) groups is 1. The van der Waals surface area contributed by atoms with Gasteiger partial charge in [-0.15, -0.1) is 0 Å². The standard InChI is InChI=1S/C32H31N5O2/c1-4-8-28(38)36-19-17-23(18-20-36)11-16-27-29(30-31(33)34-21-35-32(30)37(27)22(2)3)24-12-14-26(15-13-24)39-25-9-6-5-7-10-25/h5-7,9-10,12-15,21-23H,17-20H2,1-3H3,(H2,33,34,35). The number of aromatic nitrogens is 3. The van der Waals surface area contributed by atoms with Crippen molar-refractivity contribution in [3.8, 4) is 46.3 Å². The second kappa shape index (κ2) is 11.3. The number of piperidine rings is 1. The predicted octanol–water partition coefficient (Wildman–Crippen LogP) is 5.67. The third kappa shape index (κ3) is 5.44. The van der Waals surface area contributed by atoms with Crippen LogP contribution in [0.1, 0.15) is 45.3 Å². The number of fused-ring (bicyclic) bond motifs is 1. The van der Waals surface area contributed by atoms with Crippen molar-refractivity contribution in [3.63, 3.8) is 0 Å². The van der Waals surface area contributed by atoms with Crippen molar-refractivity contribution >= 4 is 22.8 Å². The van der Waals surface area contributed by atoms with Crippen molar-refractivity contribution in [2.75, 3.05) is 18.8 Å². The van der Waals surface area contributed by atoms with Crippen molar-refractivity contribution in [1.29, 1.82) is 0 Å². The Morgan fingerprint density at radius 3 is 2.38 bits per heavy atom. The Balaban J connectivity index is 1.53. The van der Waals surface area contributed by atoms with Crippen molar-refractivity contribution < 1.29 is 9.53 Å². The number of anilines is 1. The minimum atomic E-state index is -0.111. The number of rotatable bonds is 4. The molecule has 0 saturated carbocycles. The molecule has 39 heavy (non-hydrogen) atoms. The highest BCUT2D eigenvalue weighted by Gasteiger charge is 2.24. The fraction of sp³-hybridized carbons (Fsp3) is 0.281. The molecule has 1 aliphatic rings. The summed E-state index contributed by atoms with van der Waals surface area (Å²) in [5, 5.41) is 0.797. The van der Waals surface area contributed by atoms with Crippen LogP contribution in [-0.4, -0.2) is 38.4 Å². The normalized spacial score (nSPS) is 13.5. The van der Waals surface area contributed by atoms with Gasteiger partial charge in [-0.25, -0.2) is 9.97 Å². The Morgan fingerprint density at radius 2 is 1.72 bits per heavy atom. The molecule has 2 aromatic carbocycles. The van der Waals surface area contributed by atoms with Crippen molar-refractivity contribution in [2.45, 2.75) is 39.7 Å². The van der Waals surface area contributed by atoms with Gasteiger partial charge in [-0.3, -0.25) is 4.79 Å². The number of benzene rings is 2. The van der Waals surface area contributed by atoms with E-state index in [1.54, 1.807) is 11.8 Å². The van der Waals surface area contributed by atoms with Crippen LogP contribution in [0.3, 0.4) is 0 Å². The van der Waals surface area contributed by atoms with Crippen LogP contribution in [-0.2, 0) is 4.79 Å². The molecule has 196 valence electrons. The van der Waals surface area contributed by atoms with Gasteiger partial charge in [-0.05, 0) is 75.3 Å². The summed E-state index contributed by atoms with van der Waals surface area (Å²) in [5.41, 5.74) is 9.93. The number of carbonyl (C=O) groups excluding carboxylic acids is 1. The van der Waals surface area contributed by atoms with E-state index in [4.69, 9.17) is 10.5 Å². The molecule has 1 fully saturated rings. The number of hydrogen-bond acceptors (Lipinski definition) is 5. The lowest BCUT2D eigenvalue weighted by atomic mass is 9.96. The molecule has 7 nitrogen and oxygen atoms in total. The maximum atomic E-state index is 12.1. The summed E-state index contributed by atoms with van der Waals surface area (Å²) >= 11 is 0. The number of nitrogens with zero attached hydrogens (tertiary/aromatic N) is 4. The van der Waals surface area contributed by atoms with Gasteiger partial charge in [-0.2, -0.15) is 0 Å². The van der Waals surface area contributed by atoms with E-state index in [9.17, 15) is 4.79 Å². The fourth-order valence-corrected chi connectivity index (χ4v) is 4.96. The molecule has 0 bridgehead atoms. The zero-order valence-corrected chi connectivity index (χ0v) is 22.4. The second-order valence-corrected chi connectivity index (χ2v) is 9.80. The smallest absolute Gasteiger partial charge is 0.298 e. The molecular formula is C32H31N5O2. The monoisotopic (exact) mass is 517 g/mol. The van der Waals surface area contributed by atoms with Crippen LogP contribution >= 0.6 is 0 Å². The van der Waals surface area contributed by atoms with E-state index in [1.165, 1.54) is 6.33 Å². The molecule has 5 rings (SSSR count). The second-order valence-electron chi connectivity index (χ2n) is 9.80. The minimum absolute atomic E-state index is 0.104. The van der Waals surface area contributed by atoms with E-state index in [2.05, 4.69) is 52.1 Å². The molecule has 2 aromatic heterocycles. The largest absolute Gasteiger partial charge is 0.457 e. The molecule has 1 amide bonds. The molecule has 0 radical (unpaired) electrons. The van der Waals surface area contributed by atoms with Crippen LogP contribution in [0.5, 0.6) is 11.5 Å². The first-order chi connectivity index (χ1) is 19.0. The van der Waals surface area contributed by atoms with E-state index in [1.807, 2.05) is 54.6 Å². The lowest BCUT2D eigenvalue weighted by molar-refractivity contribution is -0.126. The maximum Gasteiger partial charge on any atom is 0.298 e. The SMILES string of the molecule is CC#CC(=O)N1CCC(C#Cc2c(-c3ccc(Oc4ccccc4)cc3)c3c(N)ncnc3n2C(C)C)CC1. The highest BCUT2D eigenvalue weighted by atomic mass is 16.5. The molecule has 0 aliphatic carbocycles. The summed E-state index contributed by atoms with van der Waals surface area (Å²) in [4.78, 5) is 22.9. The first-order valence-electron chi connectivity index (χ1n) is 13.2. The Morgan fingerprint density at radius 1 is 1.03 bits per heavy atom. The molecule has 1 aliphatic heterocycles. The molecule has 0 atom stereocenters. The van der Waals surface area contributed by atoms with Gasteiger partial charge in [0.25, 0.3) is 5.91 Å². The van der Waals surface area contributed by atoms with E-state index in [-0.39, 0.29) is 17.9 Å². The minimum Gasteiger partial charge on any atom is -0.457 e. The summed E-state index contributed by atoms with van der Waals surface area (Å²) < 4.78 is 8.14. The number of amides is 1. The number of nitrogen functional groups attached to an aromatic ring is 1. The zero-order valence-electron chi connectivity index (χ0n) is 22.4. The van der Waals surface area contributed by atoms with Crippen LogP contribution < -0.4 is 10.5 Å². The number of hydrogen-bond donors (Lipinski definition) is 1. The Labute approximate surface area is 229 Å². The fourth-order valence-electron chi connectivity index (χ4n) is 4.96. The van der Waals surface area contributed by atoms with Gasteiger partial charge < -0.3 is 19.9 Å². The molecule has 4 aromatic rings. The van der Waals surface area contributed by atoms with Gasteiger partial charge in [0.2, 0.25) is 0 Å². The average Bonchev–Trinajstić information content (AvgIpc) is 3.29. The average molecular weight is 518 g/mol. The van der Waals surface area contributed by atoms with E-state index in [0.717, 1.165) is 52.2 Å². The highest BCUT2D eigenvalue weighted by molar-refractivity contribution is 6.03. The zero-order chi connectivity index (χ0) is 27.4. The topological polar surface area (TPSA) is 86.3 Å². The van der Waals surface area contributed by atoms with Crippen LogP contribution in [0, 0.1) is 29.6 Å². The quantitative estimate of drug-likeness (QED) is 0.353. The van der Waals surface area contributed by atoms with E-state index < -0.39 is 0 Å². The van der Waals surface area contributed by atoms with Gasteiger partial charge in [0.05, 0.1) is 5.39 Å². The molecule has 7 heteroatoms. The van der Waals surface area contributed by atoms with Crippen LogP contribution in [0.15, 0.2) is 60.9 Å². The van der Waals surface area contributed by atoms with Crippen LogP contribution in [0.4, 0.5) is 5.82 Å². The van der Waals surface area contributed by atoms with Gasteiger partial charge in [0, 0.05) is 30.6 Å². The Hall–Kier alpha value is -4.75. The molecule has 2 N–H and O–H groups in total. The van der Waals surface area contributed by atoms with Crippen molar-refractivity contribution in [3.05, 3.63) is 66.6 Å². The third-order valence-corrected chi connectivity index (χ3v) is 6.86. The first kappa shape index (κ1) is 25.9. The number of likely N-dealkylation sites (tertiary alicyclic amines) is 1. The first-order valence-corrected chi connectivity index (χ1v) is 13.2. The van der Waals surface area contributed by atoms with Gasteiger partial charge in [0.1, 0.15) is 35.0 Å². The van der Waals surface area contributed by atoms with Crippen LogP contribution in [0.25, 0.3) is 22.2 Å². The van der Waals surface area contributed by atoms with E-state index >= 15 is 0 Å². The number of ether oxygens (including phenoxy) is 1. The number of para-hydroxylation sites is 1. The summed E-state index contributed by atoms with van der Waals surface area (Å²) in [6.45, 7) is 7.23. The molecule has 0 unspecified atom stereocenters. The van der Waals surface area contributed by atoms with Crippen LogP contribution in [0.2, 0.25) is 0 Å². The number of nitrogens with two attached hydrogens (primary N) is 1. The lowest BCUT2D eigenvalue weighted by Crippen LogP contribution is -2.37.